The summed E-state index contributed by atoms with van der Waals surface area (Å²) in [6, 6.07) is 7.33. The zero-order valence-electron chi connectivity index (χ0n) is 7.99. The fraction of sp³-hybridized carbons (Fsp3) is 0.273. The van der Waals surface area contributed by atoms with E-state index in [-0.39, 0.29) is 18.7 Å². The molecule has 0 bridgehead atoms. The molecule has 3 nitrogen and oxygen atoms in total. The molecule has 0 fully saturated rings. The maximum absolute atomic E-state index is 11.4. The number of isocyanates is 1. The van der Waals surface area contributed by atoms with Gasteiger partial charge in [0.25, 0.3) is 0 Å². The molecule has 3 heteroatoms. The van der Waals surface area contributed by atoms with Gasteiger partial charge in [0.05, 0.1) is 6.54 Å². The minimum atomic E-state index is 0.00370. The number of hydrogen-bond donors (Lipinski definition) is 0. The number of aryl methyl sites for hydroxylation is 1. The van der Waals surface area contributed by atoms with Crippen molar-refractivity contribution in [3.63, 3.8) is 0 Å². The van der Waals surface area contributed by atoms with E-state index in [1.807, 2.05) is 19.1 Å². The van der Waals surface area contributed by atoms with Crippen molar-refractivity contribution in [1.29, 1.82) is 0 Å². The van der Waals surface area contributed by atoms with Crippen LogP contribution in [0.25, 0.3) is 0 Å². The normalized spacial score (nSPS) is 9.21. The van der Waals surface area contributed by atoms with E-state index < -0.39 is 0 Å². The van der Waals surface area contributed by atoms with E-state index in [0.29, 0.717) is 5.56 Å². The second-order valence-electron chi connectivity index (χ2n) is 3.01. The fourth-order valence-electron chi connectivity index (χ4n) is 1.09. The summed E-state index contributed by atoms with van der Waals surface area (Å²) in [5.41, 5.74) is 1.78. The van der Waals surface area contributed by atoms with E-state index in [0.717, 1.165) is 5.56 Å². The number of benzene rings is 1. The first kappa shape index (κ1) is 10.4. The topological polar surface area (TPSA) is 46.5 Å². The largest absolute Gasteiger partial charge is 0.294 e. The van der Waals surface area contributed by atoms with Gasteiger partial charge in [-0.1, -0.05) is 29.8 Å². The Labute approximate surface area is 82.5 Å². The van der Waals surface area contributed by atoms with Gasteiger partial charge in [-0.3, -0.25) is 4.79 Å². The zero-order chi connectivity index (χ0) is 10.4. The summed E-state index contributed by atoms with van der Waals surface area (Å²) in [4.78, 5) is 24.5. The van der Waals surface area contributed by atoms with Crippen LogP contribution in [0, 0.1) is 6.92 Å². The van der Waals surface area contributed by atoms with E-state index >= 15 is 0 Å². The van der Waals surface area contributed by atoms with Crippen molar-refractivity contribution in [2.45, 2.75) is 13.3 Å². The lowest BCUT2D eigenvalue weighted by atomic mass is 10.1. The smallest absolute Gasteiger partial charge is 0.234 e. The van der Waals surface area contributed by atoms with Crippen molar-refractivity contribution < 1.29 is 9.59 Å². The summed E-state index contributed by atoms with van der Waals surface area (Å²) < 4.78 is 0. The highest BCUT2D eigenvalue weighted by atomic mass is 16.1. The van der Waals surface area contributed by atoms with Gasteiger partial charge in [0.15, 0.2) is 5.78 Å². The first-order chi connectivity index (χ1) is 6.74. The Kier molecular flexibility index (Phi) is 3.77. The van der Waals surface area contributed by atoms with Gasteiger partial charge in [-0.25, -0.2) is 9.79 Å². The van der Waals surface area contributed by atoms with Crippen molar-refractivity contribution in [3.05, 3.63) is 35.4 Å². The quantitative estimate of drug-likeness (QED) is 0.412. The molecule has 0 N–H and O–H groups in total. The lowest BCUT2D eigenvalue weighted by Crippen LogP contribution is -2.00. The Balaban J connectivity index is 2.60. The molecule has 0 atom stereocenters. The van der Waals surface area contributed by atoms with E-state index in [2.05, 4.69) is 4.99 Å². The van der Waals surface area contributed by atoms with Crippen LogP contribution >= 0.6 is 0 Å². The second-order valence-corrected chi connectivity index (χ2v) is 3.01. The average molecular weight is 189 g/mol. The van der Waals surface area contributed by atoms with E-state index in [1.54, 1.807) is 12.1 Å². The van der Waals surface area contributed by atoms with Crippen LogP contribution in [0.3, 0.4) is 0 Å². The van der Waals surface area contributed by atoms with Crippen molar-refractivity contribution in [1.82, 2.24) is 0 Å². The molecule has 0 heterocycles. The molecule has 0 saturated heterocycles. The van der Waals surface area contributed by atoms with Crippen LogP contribution in [-0.4, -0.2) is 18.4 Å². The van der Waals surface area contributed by atoms with E-state index in [9.17, 15) is 9.59 Å². The van der Waals surface area contributed by atoms with Crippen LogP contribution in [-0.2, 0) is 4.79 Å². The van der Waals surface area contributed by atoms with E-state index in [1.165, 1.54) is 6.08 Å². The van der Waals surface area contributed by atoms with Crippen molar-refractivity contribution in [3.8, 4) is 0 Å². The Hall–Kier alpha value is -1.73. The molecular weight excluding hydrogens is 178 g/mol. The fourth-order valence-corrected chi connectivity index (χ4v) is 1.09. The molecule has 1 aromatic rings. The van der Waals surface area contributed by atoms with Crippen LogP contribution in [0.1, 0.15) is 22.3 Å². The molecule has 0 unspecified atom stereocenters. The van der Waals surface area contributed by atoms with Gasteiger partial charge in [-0.15, -0.1) is 0 Å². The highest BCUT2D eigenvalue weighted by Gasteiger charge is 2.03. The Morgan fingerprint density at radius 1 is 1.36 bits per heavy atom. The van der Waals surface area contributed by atoms with Gasteiger partial charge < -0.3 is 0 Å². The number of Topliss-reactive ketones (excluding diaryl/α,β-unsaturated/α-hetero) is 1. The molecule has 0 aliphatic rings. The molecule has 1 aromatic carbocycles. The zero-order valence-corrected chi connectivity index (χ0v) is 7.99. The summed E-state index contributed by atoms with van der Waals surface area (Å²) in [6.45, 7) is 2.18. The predicted octanol–water partition coefficient (Wildman–Crippen LogP) is 1.90. The molecule has 72 valence electrons. The molecular formula is C11H11NO2. The molecule has 0 saturated carbocycles. The second kappa shape index (κ2) is 5.10. The first-order valence-electron chi connectivity index (χ1n) is 4.37. The molecule has 0 amide bonds. The van der Waals surface area contributed by atoms with Gasteiger partial charge >= 0.3 is 0 Å². The van der Waals surface area contributed by atoms with Gasteiger partial charge in [-0.2, -0.15) is 0 Å². The monoisotopic (exact) mass is 189 g/mol. The maximum Gasteiger partial charge on any atom is 0.234 e. The van der Waals surface area contributed by atoms with Crippen molar-refractivity contribution in [2.75, 3.05) is 6.54 Å². The molecule has 0 aliphatic carbocycles. The summed E-state index contributed by atoms with van der Waals surface area (Å²) in [6.07, 6.45) is 1.67. The van der Waals surface area contributed by atoms with Gasteiger partial charge in [0.1, 0.15) is 0 Å². The Morgan fingerprint density at radius 2 is 2.00 bits per heavy atom. The Morgan fingerprint density at radius 3 is 2.57 bits per heavy atom. The van der Waals surface area contributed by atoms with Crippen LogP contribution in [0.15, 0.2) is 29.3 Å². The van der Waals surface area contributed by atoms with E-state index in [4.69, 9.17) is 0 Å². The highest BCUT2D eigenvalue weighted by Crippen LogP contribution is 2.05. The van der Waals surface area contributed by atoms with Crippen LogP contribution in [0.4, 0.5) is 0 Å². The van der Waals surface area contributed by atoms with Crippen molar-refractivity contribution >= 4 is 11.9 Å². The molecule has 1 rings (SSSR count). The number of hydrogen-bond acceptors (Lipinski definition) is 3. The van der Waals surface area contributed by atoms with Crippen LogP contribution in [0.2, 0.25) is 0 Å². The molecule has 0 spiro atoms. The van der Waals surface area contributed by atoms with Crippen LogP contribution < -0.4 is 0 Å². The summed E-state index contributed by atoms with van der Waals surface area (Å²) in [5, 5.41) is 0. The van der Waals surface area contributed by atoms with Gasteiger partial charge in [-0.05, 0) is 6.92 Å². The lowest BCUT2D eigenvalue weighted by molar-refractivity contribution is 0.0985. The minimum absolute atomic E-state index is 0.00370. The van der Waals surface area contributed by atoms with Gasteiger partial charge in [0, 0.05) is 12.0 Å². The van der Waals surface area contributed by atoms with Crippen molar-refractivity contribution in [2.24, 2.45) is 4.99 Å². The number of rotatable bonds is 4. The standard InChI is InChI=1S/C11H11NO2/c1-9-2-4-10(5-3-9)11(14)6-7-12-8-13/h2-5H,6-7H2,1H3. The highest BCUT2D eigenvalue weighted by molar-refractivity contribution is 5.96. The summed E-state index contributed by atoms with van der Waals surface area (Å²) in [5.74, 6) is 0.00370. The molecule has 0 radical (unpaired) electrons. The SMILES string of the molecule is Cc1ccc(C(=O)CCN=C=O)cc1. The summed E-state index contributed by atoms with van der Waals surface area (Å²) >= 11 is 0. The third-order valence-electron chi connectivity index (χ3n) is 1.89. The lowest BCUT2D eigenvalue weighted by Gasteiger charge is -1.98. The number of nitrogens with zero attached hydrogens (tertiary/aromatic N) is 1. The number of carbonyl (C=O) groups is 1. The number of aliphatic imine (C=N–C) groups is 1. The Bertz CT molecular complexity index is 361. The average Bonchev–Trinajstić information content (AvgIpc) is 2.19. The van der Waals surface area contributed by atoms with Gasteiger partial charge in [0.2, 0.25) is 6.08 Å². The molecule has 0 aromatic heterocycles. The maximum atomic E-state index is 11.4. The predicted molar refractivity (Wildman–Crippen MR) is 53.1 cm³/mol. The first-order valence-corrected chi connectivity index (χ1v) is 4.37. The summed E-state index contributed by atoms with van der Waals surface area (Å²) in [7, 11) is 0. The van der Waals surface area contributed by atoms with Crippen LogP contribution in [0.5, 0.6) is 0 Å². The third kappa shape index (κ3) is 2.96. The minimum Gasteiger partial charge on any atom is -0.294 e. The number of carbonyl (C=O) groups excluding carboxylic acids is 2. The molecule has 0 aliphatic heterocycles. The molecule has 14 heavy (non-hydrogen) atoms. The third-order valence-corrected chi connectivity index (χ3v) is 1.89. The number of ketones is 1.